The van der Waals surface area contributed by atoms with Gasteiger partial charge in [-0.25, -0.2) is 4.98 Å². The maximum Gasteiger partial charge on any atom is 0.140 e. The van der Waals surface area contributed by atoms with Crippen LogP contribution in [0.2, 0.25) is 0 Å². The van der Waals surface area contributed by atoms with Crippen molar-refractivity contribution in [1.29, 1.82) is 0 Å². The molecular weight excluding hydrogens is 502 g/mol. The Morgan fingerprint density at radius 3 is 1.85 bits per heavy atom. The molecule has 1 aromatic heterocycles. The highest BCUT2D eigenvalue weighted by atomic mass is 16.5. The highest BCUT2D eigenvalue weighted by molar-refractivity contribution is 5.68. The first-order valence-corrected chi connectivity index (χ1v) is 14.7. The summed E-state index contributed by atoms with van der Waals surface area (Å²) in [6.45, 7) is 9.93. The number of imidazole rings is 1. The first kappa shape index (κ1) is 28.4. The van der Waals surface area contributed by atoms with Gasteiger partial charge in [0.15, 0.2) is 0 Å². The lowest BCUT2D eigenvalue weighted by Crippen LogP contribution is -2.25. The number of rotatable bonds is 12. The molecule has 210 valence electrons. The minimum absolute atomic E-state index is 0.785. The van der Waals surface area contributed by atoms with Crippen molar-refractivity contribution >= 4 is 0 Å². The minimum atomic E-state index is 0.785. The third-order valence-electron chi connectivity index (χ3n) is 7.64. The molecule has 0 unspecified atom stereocenters. The SMILES string of the molecule is CCCCn1c(-c2ccccc2)nc(-c2ccccc2)c1CN(Cc1ccccc1)Cc1cc(C)c(OC)c(C)c1. The first-order chi connectivity index (χ1) is 20.1. The molecule has 4 heteroatoms. The van der Waals surface area contributed by atoms with Gasteiger partial charge < -0.3 is 9.30 Å². The third kappa shape index (κ3) is 6.78. The Labute approximate surface area is 245 Å². The number of methoxy groups -OCH3 is 1. The molecule has 0 saturated heterocycles. The maximum atomic E-state index is 5.66. The van der Waals surface area contributed by atoms with Crippen molar-refractivity contribution in [2.45, 2.75) is 59.8 Å². The van der Waals surface area contributed by atoms with Crippen molar-refractivity contribution < 1.29 is 4.74 Å². The number of aromatic nitrogens is 2. The molecule has 0 aliphatic heterocycles. The van der Waals surface area contributed by atoms with Gasteiger partial charge >= 0.3 is 0 Å². The highest BCUT2D eigenvalue weighted by Crippen LogP contribution is 2.32. The van der Waals surface area contributed by atoms with Crippen molar-refractivity contribution in [3.8, 4) is 28.4 Å². The summed E-state index contributed by atoms with van der Waals surface area (Å²) in [4.78, 5) is 7.89. The van der Waals surface area contributed by atoms with Gasteiger partial charge in [-0.05, 0) is 42.5 Å². The van der Waals surface area contributed by atoms with Crippen LogP contribution < -0.4 is 4.74 Å². The average molecular weight is 544 g/mol. The fourth-order valence-corrected chi connectivity index (χ4v) is 5.77. The van der Waals surface area contributed by atoms with Gasteiger partial charge in [0.25, 0.3) is 0 Å². The van der Waals surface area contributed by atoms with Gasteiger partial charge in [-0.3, -0.25) is 4.90 Å². The smallest absolute Gasteiger partial charge is 0.140 e. The van der Waals surface area contributed by atoms with E-state index in [9.17, 15) is 0 Å². The van der Waals surface area contributed by atoms with Crippen molar-refractivity contribution in [3.05, 3.63) is 131 Å². The second kappa shape index (κ2) is 13.5. The summed E-state index contributed by atoms with van der Waals surface area (Å²) in [5, 5.41) is 0. The van der Waals surface area contributed by atoms with Crippen molar-refractivity contribution in [3.63, 3.8) is 0 Å². The largest absolute Gasteiger partial charge is 0.496 e. The molecule has 0 atom stereocenters. The zero-order valence-electron chi connectivity index (χ0n) is 24.8. The van der Waals surface area contributed by atoms with Crippen LogP contribution in [0, 0.1) is 13.8 Å². The van der Waals surface area contributed by atoms with Crippen LogP contribution in [0.1, 0.15) is 47.7 Å². The maximum absolute atomic E-state index is 5.66. The lowest BCUT2D eigenvalue weighted by atomic mass is 10.0. The second-order valence-corrected chi connectivity index (χ2v) is 10.9. The van der Waals surface area contributed by atoms with Crippen LogP contribution in [0.3, 0.4) is 0 Å². The van der Waals surface area contributed by atoms with E-state index in [-0.39, 0.29) is 0 Å². The fourth-order valence-electron chi connectivity index (χ4n) is 5.77. The molecule has 5 rings (SSSR count). The summed E-state index contributed by atoms with van der Waals surface area (Å²) in [6, 6.07) is 36.6. The van der Waals surface area contributed by atoms with E-state index in [4.69, 9.17) is 9.72 Å². The zero-order chi connectivity index (χ0) is 28.6. The molecule has 0 aliphatic rings. The second-order valence-electron chi connectivity index (χ2n) is 10.9. The van der Waals surface area contributed by atoms with E-state index in [1.807, 2.05) is 0 Å². The number of hydrogen-bond acceptors (Lipinski definition) is 3. The van der Waals surface area contributed by atoms with Gasteiger partial charge in [0.1, 0.15) is 11.6 Å². The number of nitrogens with zero attached hydrogens (tertiary/aromatic N) is 3. The normalized spacial score (nSPS) is 11.2. The molecule has 5 aromatic rings. The number of aryl methyl sites for hydroxylation is 2. The van der Waals surface area contributed by atoms with Gasteiger partial charge in [-0.2, -0.15) is 0 Å². The van der Waals surface area contributed by atoms with Gasteiger partial charge in [0, 0.05) is 37.3 Å². The van der Waals surface area contributed by atoms with E-state index in [1.165, 1.54) is 27.9 Å². The number of benzene rings is 4. The molecule has 0 N–H and O–H groups in total. The minimum Gasteiger partial charge on any atom is -0.496 e. The molecule has 0 radical (unpaired) electrons. The monoisotopic (exact) mass is 543 g/mol. The molecule has 1 heterocycles. The van der Waals surface area contributed by atoms with E-state index in [2.05, 4.69) is 133 Å². The van der Waals surface area contributed by atoms with E-state index >= 15 is 0 Å². The quantitative estimate of drug-likeness (QED) is 0.157. The first-order valence-electron chi connectivity index (χ1n) is 14.7. The fraction of sp³-hybridized carbons (Fsp3) is 0.270. The summed E-state index contributed by atoms with van der Waals surface area (Å²) >= 11 is 0. The van der Waals surface area contributed by atoms with Gasteiger partial charge in [0.05, 0.1) is 18.5 Å². The van der Waals surface area contributed by atoms with Crippen LogP contribution >= 0.6 is 0 Å². The predicted octanol–water partition coefficient (Wildman–Crippen LogP) is 8.85. The summed E-state index contributed by atoms with van der Waals surface area (Å²) < 4.78 is 8.14. The van der Waals surface area contributed by atoms with Crippen LogP contribution in [0.25, 0.3) is 22.6 Å². The van der Waals surface area contributed by atoms with E-state index in [1.54, 1.807) is 7.11 Å². The third-order valence-corrected chi connectivity index (χ3v) is 7.64. The van der Waals surface area contributed by atoms with E-state index in [0.29, 0.717) is 0 Å². The molecule has 0 fully saturated rings. The van der Waals surface area contributed by atoms with Crippen LogP contribution in [0.5, 0.6) is 5.75 Å². The Hall–Kier alpha value is -4.15. The molecule has 4 nitrogen and oxygen atoms in total. The van der Waals surface area contributed by atoms with Gasteiger partial charge in [-0.1, -0.05) is 116 Å². The van der Waals surface area contributed by atoms with E-state index < -0.39 is 0 Å². The Morgan fingerprint density at radius 2 is 1.27 bits per heavy atom. The standard InChI is InChI=1S/C37H41N3O/c1-5-6-22-40-34(35(32-18-12-8-13-19-32)38-37(40)33-20-14-9-15-21-33)27-39(25-30-16-10-7-11-17-30)26-31-23-28(2)36(41-4)29(3)24-31/h7-21,23-24H,5-6,22,25-27H2,1-4H3. The average Bonchev–Trinajstić information content (AvgIpc) is 3.35. The Bertz CT molecular complexity index is 1520. The van der Waals surface area contributed by atoms with Crippen LogP contribution in [0.15, 0.2) is 103 Å². The number of ether oxygens (including phenoxy) is 1. The van der Waals surface area contributed by atoms with Crippen LogP contribution in [-0.2, 0) is 26.2 Å². The van der Waals surface area contributed by atoms with Crippen molar-refractivity contribution in [2.24, 2.45) is 0 Å². The van der Waals surface area contributed by atoms with Gasteiger partial charge in [0.2, 0.25) is 0 Å². The molecule has 4 aromatic carbocycles. The molecule has 0 amide bonds. The van der Waals surface area contributed by atoms with Crippen LogP contribution in [-0.4, -0.2) is 21.6 Å². The lowest BCUT2D eigenvalue weighted by molar-refractivity contribution is 0.241. The summed E-state index contributed by atoms with van der Waals surface area (Å²) in [6.07, 6.45) is 2.23. The Balaban J connectivity index is 1.61. The lowest BCUT2D eigenvalue weighted by Gasteiger charge is -2.25. The zero-order valence-corrected chi connectivity index (χ0v) is 24.8. The molecule has 0 aliphatic carbocycles. The highest BCUT2D eigenvalue weighted by Gasteiger charge is 2.22. The number of unbranched alkanes of at least 4 members (excludes halogenated alkanes) is 1. The number of hydrogen-bond donors (Lipinski definition) is 0. The Kier molecular flexibility index (Phi) is 9.33. The van der Waals surface area contributed by atoms with Gasteiger partial charge in [-0.15, -0.1) is 0 Å². The predicted molar refractivity (Wildman–Crippen MR) is 170 cm³/mol. The van der Waals surface area contributed by atoms with Crippen LogP contribution in [0.4, 0.5) is 0 Å². The molecular formula is C37H41N3O. The van der Waals surface area contributed by atoms with Crippen molar-refractivity contribution in [2.75, 3.05) is 7.11 Å². The molecule has 0 saturated carbocycles. The molecule has 0 spiro atoms. The topological polar surface area (TPSA) is 30.3 Å². The molecule has 0 bridgehead atoms. The van der Waals surface area contributed by atoms with Crippen molar-refractivity contribution in [1.82, 2.24) is 14.5 Å². The Morgan fingerprint density at radius 1 is 0.707 bits per heavy atom. The summed E-state index contributed by atoms with van der Waals surface area (Å²) in [5.74, 6) is 2.02. The summed E-state index contributed by atoms with van der Waals surface area (Å²) in [5.41, 5.74) is 9.59. The van der Waals surface area contributed by atoms with E-state index in [0.717, 1.165) is 67.4 Å². The summed E-state index contributed by atoms with van der Waals surface area (Å²) in [7, 11) is 1.75. The molecule has 41 heavy (non-hydrogen) atoms.